The van der Waals surface area contributed by atoms with Crippen molar-refractivity contribution in [1.82, 2.24) is 0 Å². The molecule has 0 aliphatic carbocycles. The maximum absolute atomic E-state index is 11.3. The Hall–Kier alpha value is -0.390. The highest BCUT2D eigenvalue weighted by molar-refractivity contribution is 9.13. The third-order valence-corrected chi connectivity index (χ3v) is 3.91. The van der Waals surface area contributed by atoms with E-state index in [9.17, 15) is 4.79 Å². The Morgan fingerprint density at radius 1 is 1.44 bits per heavy atom. The zero-order valence-electron chi connectivity index (χ0n) is 8.87. The summed E-state index contributed by atoms with van der Waals surface area (Å²) in [7, 11) is 0. The number of halogens is 2. The van der Waals surface area contributed by atoms with Gasteiger partial charge in [0.25, 0.3) is 0 Å². The molecule has 1 atom stereocenters. The molecular formula is C11H13Br2NO2. The van der Waals surface area contributed by atoms with Crippen molar-refractivity contribution < 1.29 is 9.53 Å². The first-order chi connectivity index (χ1) is 7.54. The van der Waals surface area contributed by atoms with Gasteiger partial charge >= 0.3 is 5.97 Å². The summed E-state index contributed by atoms with van der Waals surface area (Å²) in [5.74, 6) is -0.360. The van der Waals surface area contributed by atoms with Crippen molar-refractivity contribution in [1.29, 1.82) is 0 Å². The minimum absolute atomic E-state index is 0.358. The van der Waals surface area contributed by atoms with E-state index < -0.39 is 6.04 Å². The van der Waals surface area contributed by atoms with Crippen LogP contribution in [0.25, 0.3) is 0 Å². The van der Waals surface area contributed by atoms with E-state index in [0.29, 0.717) is 13.0 Å². The zero-order chi connectivity index (χ0) is 12.1. The summed E-state index contributed by atoms with van der Waals surface area (Å²) in [5.41, 5.74) is 6.72. The van der Waals surface area contributed by atoms with Crippen LogP contribution >= 0.6 is 31.9 Å². The molecule has 0 fully saturated rings. The van der Waals surface area contributed by atoms with Crippen molar-refractivity contribution in [3.8, 4) is 0 Å². The van der Waals surface area contributed by atoms with Gasteiger partial charge < -0.3 is 10.5 Å². The number of nitrogens with two attached hydrogens (primary N) is 1. The highest BCUT2D eigenvalue weighted by atomic mass is 79.9. The molecule has 1 aromatic rings. The molecule has 0 spiro atoms. The first kappa shape index (κ1) is 13.7. The van der Waals surface area contributed by atoms with E-state index in [1.54, 1.807) is 6.92 Å². The van der Waals surface area contributed by atoms with Crippen molar-refractivity contribution in [2.75, 3.05) is 6.61 Å². The second-order valence-electron chi connectivity index (χ2n) is 3.31. The fraction of sp³-hybridized carbons (Fsp3) is 0.364. The van der Waals surface area contributed by atoms with Crippen LogP contribution in [-0.2, 0) is 16.0 Å². The second kappa shape index (κ2) is 6.37. The standard InChI is InChI=1S/C11H13Br2NO2/c1-2-16-11(15)10(14)6-7-3-4-8(12)9(13)5-7/h3-5,10H,2,6,14H2,1H3/t10-/m1/s1. The summed E-state index contributed by atoms with van der Waals surface area (Å²) in [6.45, 7) is 2.12. The Morgan fingerprint density at radius 3 is 2.69 bits per heavy atom. The van der Waals surface area contributed by atoms with Crippen molar-refractivity contribution in [3.05, 3.63) is 32.7 Å². The van der Waals surface area contributed by atoms with Crippen LogP contribution in [0.4, 0.5) is 0 Å². The number of ether oxygens (including phenoxy) is 1. The molecule has 0 saturated carbocycles. The summed E-state index contributed by atoms with van der Waals surface area (Å²) in [4.78, 5) is 11.3. The van der Waals surface area contributed by atoms with E-state index in [1.807, 2.05) is 18.2 Å². The average molecular weight is 351 g/mol. The third-order valence-electron chi connectivity index (χ3n) is 2.03. The molecule has 5 heteroatoms. The topological polar surface area (TPSA) is 52.3 Å². The molecule has 0 aliphatic heterocycles. The molecule has 0 aliphatic rings. The zero-order valence-corrected chi connectivity index (χ0v) is 12.0. The Kier molecular flexibility index (Phi) is 5.44. The Labute approximate surface area is 112 Å². The summed E-state index contributed by atoms with van der Waals surface area (Å²) in [6.07, 6.45) is 0.477. The highest BCUT2D eigenvalue weighted by Gasteiger charge is 2.15. The van der Waals surface area contributed by atoms with Crippen molar-refractivity contribution in [3.63, 3.8) is 0 Å². The smallest absolute Gasteiger partial charge is 0.323 e. The molecule has 3 nitrogen and oxygen atoms in total. The normalized spacial score (nSPS) is 12.2. The van der Waals surface area contributed by atoms with Crippen molar-refractivity contribution >= 4 is 37.8 Å². The number of esters is 1. The Balaban J connectivity index is 2.66. The minimum atomic E-state index is -0.604. The van der Waals surface area contributed by atoms with Crippen LogP contribution in [0.2, 0.25) is 0 Å². The minimum Gasteiger partial charge on any atom is -0.465 e. The SMILES string of the molecule is CCOC(=O)[C@H](N)Cc1ccc(Br)c(Br)c1. The van der Waals surface area contributed by atoms with Crippen LogP contribution in [0, 0.1) is 0 Å². The van der Waals surface area contributed by atoms with Gasteiger partial charge in [-0.1, -0.05) is 6.07 Å². The third kappa shape index (κ3) is 3.88. The number of hydrogen-bond acceptors (Lipinski definition) is 3. The number of benzene rings is 1. The molecule has 0 amide bonds. The second-order valence-corrected chi connectivity index (χ2v) is 5.02. The first-order valence-electron chi connectivity index (χ1n) is 4.90. The Bertz CT molecular complexity index is 382. The summed E-state index contributed by atoms with van der Waals surface area (Å²) in [5, 5.41) is 0. The molecule has 0 bridgehead atoms. The first-order valence-corrected chi connectivity index (χ1v) is 6.49. The van der Waals surface area contributed by atoms with Crippen LogP contribution < -0.4 is 5.73 Å². The lowest BCUT2D eigenvalue weighted by atomic mass is 10.1. The molecule has 1 aromatic carbocycles. The maximum atomic E-state index is 11.3. The lowest BCUT2D eigenvalue weighted by molar-refractivity contribution is -0.144. The lowest BCUT2D eigenvalue weighted by Crippen LogP contribution is -2.34. The molecule has 0 aromatic heterocycles. The van der Waals surface area contributed by atoms with Crippen LogP contribution in [0.1, 0.15) is 12.5 Å². The van der Waals surface area contributed by atoms with E-state index in [2.05, 4.69) is 31.9 Å². The summed E-state index contributed by atoms with van der Waals surface area (Å²) < 4.78 is 6.76. The van der Waals surface area contributed by atoms with Gasteiger partial charge in [0.1, 0.15) is 6.04 Å². The summed E-state index contributed by atoms with van der Waals surface area (Å²) in [6, 6.07) is 5.17. The van der Waals surface area contributed by atoms with Crippen molar-refractivity contribution in [2.24, 2.45) is 5.73 Å². The van der Waals surface area contributed by atoms with Gasteiger partial charge in [0.15, 0.2) is 0 Å². The summed E-state index contributed by atoms with van der Waals surface area (Å²) >= 11 is 6.78. The quantitative estimate of drug-likeness (QED) is 0.849. The predicted molar refractivity (Wildman–Crippen MR) is 70.2 cm³/mol. The molecule has 1 rings (SSSR count). The average Bonchev–Trinajstić information content (AvgIpc) is 2.24. The maximum Gasteiger partial charge on any atom is 0.323 e. The molecule has 88 valence electrons. The van der Waals surface area contributed by atoms with Crippen molar-refractivity contribution in [2.45, 2.75) is 19.4 Å². The van der Waals surface area contributed by atoms with Crippen LogP contribution in [0.15, 0.2) is 27.1 Å². The van der Waals surface area contributed by atoms with E-state index in [4.69, 9.17) is 10.5 Å². The molecule has 0 heterocycles. The van der Waals surface area contributed by atoms with Crippen LogP contribution in [-0.4, -0.2) is 18.6 Å². The largest absolute Gasteiger partial charge is 0.465 e. The van der Waals surface area contributed by atoms with E-state index in [-0.39, 0.29) is 5.97 Å². The number of hydrogen-bond donors (Lipinski definition) is 1. The molecule has 0 unspecified atom stereocenters. The fourth-order valence-electron chi connectivity index (χ4n) is 1.25. The van der Waals surface area contributed by atoms with Crippen LogP contribution in [0.5, 0.6) is 0 Å². The number of carbonyl (C=O) groups is 1. The van der Waals surface area contributed by atoms with E-state index in [1.165, 1.54) is 0 Å². The van der Waals surface area contributed by atoms with Gasteiger partial charge in [-0.3, -0.25) is 4.79 Å². The fourth-order valence-corrected chi connectivity index (χ4v) is 1.93. The van der Waals surface area contributed by atoms with Crippen LogP contribution in [0.3, 0.4) is 0 Å². The van der Waals surface area contributed by atoms with Gasteiger partial charge in [-0.15, -0.1) is 0 Å². The molecule has 2 N–H and O–H groups in total. The molecule has 0 saturated heterocycles. The predicted octanol–water partition coefficient (Wildman–Crippen LogP) is 2.64. The molecule has 0 radical (unpaired) electrons. The monoisotopic (exact) mass is 349 g/mol. The molecule has 16 heavy (non-hydrogen) atoms. The van der Waals surface area contributed by atoms with E-state index >= 15 is 0 Å². The number of rotatable bonds is 4. The van der Waals surface area contributed by atoms with E-state index in [0.717, 1.165) is 14.5 Å². The highest BCUT2D eigenvalue weighted by Crippen LogP contribution is 2.24. The number of carbonyl (C=O) groups excluding carboxylic acids is 1. The van der Waals surface area contributed by atoms with Gasteiger partial charge in [-0.2, -0.15) is 0 Å². The van der Waals surface area contributed by atoms with Gasteiger partial charge in [0.2, 0.25) is 0 Å². The van der Waals surface area contributed by atoms with Gasteiger partial charge in [-0.25, -0.2) is 0 Å². The van der Waals surface area contributed by atoms with Gasteiger partial charge in [-0.05, 0) is 62.9 Å². The van der Waals surface area contributed by atoms with Gasteiger partial charge in [0.05, 0.1) is 6.61 Å². The Morgan fingerprint density at radius 2 is 2.12 bits per heavy atom. The van der Waals surface area contributed by atoms with Gasteiger partial charge in [0, 0.05) is 8.95 Å². The molecular weight excluding hydrogens is 338 g/mol. The lowest BCUT2D eigenvalue weighted by Gasteiger charge is -2.10.